The van der Waals surface area contributed by atoms with Crippen molar-refractivity contribution in [2.75, 3.05) is 0 Å². The van der Waals surface area contributed by atoms with E-state index >= 15 is 0 Å². The Balaban J connectivity index is 1.25. The molecule has 0 aliphatic rings. The van der Waals surface area contributed by atoms with Gasteiger partial charge in [-0.1, -0.05) is 41.9 Å². The summed E-state index contributed by atoms with van der Waals surface area (Å²) in [6.45, 7) is 4.51. The summed E-state index contributed by atoms with van der Waals surface area (Å²) in [5, 5.41) is 5.72. The molecule has 0 radical (unpaired) electrons. The van der Waals surface area contributed by atoms with E-state index in [9.17, 15) is 4.79 Å². The van der Waals surface area contributed by atoms with Crippen LogP contribution in [0, 0.1) is 13.8 Å². The summed E-state index contributed by atoms with van der Waals surface area (Å²) in [5.74, 6) is 0.605. The monoisotopic (exact) mass is 497 g/mol. The normalized spacial score (nSPS) is 11.3. The van der Waals surface area contributed by atoms with Gasteiger partial charge in [0.25, 0.3) is 0 Å². The Labute approximate surface area is 213 Å². The number of amides is 1. The maximum absolute atomic E-state index is 12.4. The van der Waals surface area contributed by atoms with E-state index < -0.39 is 5.91 Å². The molecule has 1 N–H and O–H groups in total. The smallest absolute Gasteiger partial charge is 0.307 e. The fourth-order valence-electron chi connectivity index (χ4n) is 4.06. The maximum atomic E-state index is 12.4. The molecule has 0 unspecified atom stereocenters. The van der Waals surface area contributed by atoms with Crippen LogP contribution >= 0.6 is 11.6 Å². The minimum Gasteiger partial charge on any atom is -0.489 e. The van der Waals surface area contributed by atoms with Crippen LogP contribution in [0.15, 0.2) is 94.4 Å². The van der Waals surface area contributed by atoms with Gasteiger partial charge in [-0.2, -0.15) is 5.10 Å². The van der Waals surface area contributed by atoms with Gasteiger partial charge in [0.1, 0.15) is 17.9 Å². The van der Waals surface area contributed by atoms with E-state index in [1.165, 1.54) is 0 Å². The molecule has 2 heterocycles. The number of hydrazone groups is 1. The molecule has 0 saturated heterocycles. The number of aryl methyl sites for hydroxylation is 1. The first-order valence-corrected chi connectivity index (χ1v) is 11.8. The van der Waals surface area contributed by atoms with Crippen LogP contribution in [-0.2, 0) is 6.61 Å². The Kier molecular flexibility index (Phi) is 6.60. The number of benzene rings is 3. The number of ether oxygens (including phenoxy) is 1. The van der Waals surface area contributed by atoms with E-state index in [0.29, 0.717) is 17.2 Å². The number of furan rings is 1. The Morgan fingerprint density at radius 1 is 1.03 bits per heavy atom. The number of fused-ring (bicyclic) bond motifs is 1. The first-order valence-electron chi connectivity index (χ1n) is 11.5. The van der Waals surface area contributed by atoms with Crippen LogP contribution in [0.5, 0.6) is 5.75 Å². The highest BCUT2D eigenvalue weighted by Gasteiger charge is 2.12. The zero-order chi connectivity index (χ0) is 25.1. The summed E-state index contributed by atoms with van der Waals surface area (Å²) in [4.78, 5) is 12.4. The zero-order valence-corrected chi connectivity index (χ0v) is 20.6. The summed E-state index contributed by atoms with van der Waals surface area (Å²) in [7, 11) is 0. The number of carbonyl (C=O) groups is 1. The molecule has 3 aromatic carbocycles. The summed E-state index contributed by atoms with van der Waals surface area (Å²) in [6, 6.07) is 26.7. The van der Waals surface area contributed by atoms with Crippen molar-refractivity contribution in [2.45, 2.75) is 20.5 Å². The highest BCUT2D eigenvalue weighted by Crippen LogP contribution is 2.23. The number of aromatic nitrogens is 1. The third kappa shape index (κ3) is 5.04. The van der Waals surface area contributed by atoms with Crippen LogP contribution in [0.2, 0.25) is 5.02 Å². The third-order valence-electron chi connectivity index (χ3n) is 5.90. The number of hydrogen-bond acceptors (Lipinski definition) is 4. The van der Waals surface area contributed by atoms with E-state index in [4.69, 9.17) is 20.8 Å². The van der Waals surface area contributed by atoms with Crippen molar-refractivity contribution in [3.05, 3.63) is 118 Å². The summed E-state index contributed by atoms with van der Waals surface area (Å²) < 4.78 is 13.6. The van der Waals surface area contributed by atoms with Gasteiger partial charge in [-0.15, -0.1) is 0 Å². The van der Waals surface area contributed by atoms with Gasteiger partial charge in [0, 0.05) is 33.0 Å². The van der Waals surface area contributed by atoms with Gasteiger partial charge in [-0.3, -0.25) is 4.79 Å². The first-order chi connectivity index (χ1) is 17.5. The standard InChI is InChI=1S/C29H24ClN3O3/c1-19-15-23(17-31-32-29(34)28-16-22-5-3-4-6-27(22)36-28)20(2)33(19)25-11-13-26(14-12-25)35-18-21-7-9-24(30)10-8-21/h3-17H,18H2,1-2H3,(H,32,34)/b31-17+. The van der Waals surface area contributed by atoms with E-state index in [0.717, 1.165) is 39.3 Å². The number of nitrogens with zero attached hydrogens (tertiary/aromatic N) is 2. The summed E-state index contributed by atoms with van der Waals surface area (Å²) >= 11 is 5.94. The molecule has 0 fully saturated rings. The number of rotatable bonds is 7. The van der Waals surface area contributed by atoms with Crippen LogP contribution in [0.25, 0.3) is 16.7 Å². The second kappa shape index (κ2) is 10.1. The van der Waals surface area contributed by atoms with Crippen LogP contribution in [0.3, 0.4) is 0 Å². The predicted molar refractivity (Wildman–Crippen MR) is 142 cm³/mol. The number of carbonyl (C=O) groups excluding carboxylic acids is 1. The van der Waals surface area contributed by atoms with Crippen molar-refractivity contribution in [1.82, 2.24) is 9.99 Å². The van der Waals surface area contributed by atoms with E-state index in [1.807, 2.05) is 92.7 Å². The van der Waals surface area contributed by atoms with Gasteiger partial charge in [0.2, 0.25) is 0 Å². The molecule has 5 rings (SSSR count). The number of halogens is 1. The number of hydrogen-bond donors (Lipinski definition) is 1. The molecule has 6 nitrogen and oxygen atoms in total. The van der Waals surface area contributed by atoms with E-state index in [2.05, 4.69) is 15.1 Å². The van der Waals surface area contributed by atoms with E-state index in [-0.39, 0.29) is 5.76 Å². The first kappa shape index (κ1) is 23.5. The number of nitrogens with one attached hydrogen (secondary N) is 1. The molecule has 5 aromatic rings. The minimum atomic E-state index is -0.398. The predicted octanol–water partition coefficient (Wildman–Crippen LogP) is 6.84. The van der Waals surface area contributed by atoms with Crippen LogP contribution in [0.4, 0.5) is 0 Å². The Bertz CT molecular complexity index is 1510. The van der Waals surface area contributed by atoms with Gasteiger partial charge < -0.3 is 13.7 Å². The zero-order valence-electron chi connectivity index (χ0n) is 19.9. The SMILES string of the molecule is Cc1cc(/C=N/NC(=O)c2cc3ccccc3o2)c(C)n1-c1ccc(OCc2ccc(Cl)cc2)cc1. The van der Waals surface area contributed by atoms with Crippen molar-refractivity contribution in [3.8, 4) is 11.4 Å². The fraction of sp³-hybridized carbons (Fsp3) is 0.103. The van der Waals surface area contributed by atoms with Gasteiger partial charge in [-0.05, 0) is 74.0 Å². The molecule has 0 saturated carbocycles. The molecule has 1 amide bonds. The highest BCUT2D eigenvalue weighted by atomic mass is 35.5. The molecular weight excluding hydrogens is 474 g/mol. The lowest BCUT2D eigenvalue weighted by atomic mass is 10.2. The maximum Gasteiger partial charge on any atom is 0.307 e. The van der Waals surface area contributed by atoms with Crippen molar-refractivity contribution in [2.24, 2.45) is 5.10 Å². The quantitative estimate of drug-likeness (QED) is 0.198. The Hall–Kier alpha value is -4.29. The molecular formula is C29H24ClN3O3. The highest BCUT2D eigenvalue weighted by molar-refractivity contribution is 6.30. The largest absolute Gasteiger partial charge is 0.489 e. The second-order valence-corrected chi connectivity index (χ2v) is 8.85. The Morgan fingerprint density at radius 2 is 1.78 bits per heavy atom. The third-order valence-corrected chi connectivity index (χ3v) is 6.15. The molecule has 0 aliphatic carbocycles. The lowest BCUT2D eigenvalue weighted by Gasteiger charge is -2.11. The van der Waals surface area contributed by atoms with Gasteiger partial charge in [0.05, 0.1) is 6.21 Å². The second-order valence-electron chi connectivity index (χ2n) is 8.42. The van der Waals surface area contributed by atoms with Gasteiger partial charge in [-0.25, -0.2) is 5.43 Å². The minimum absolute atomic E-state index is 0.220. The molecule has 0 bridgehead atoms. The summed E-state index contributed by atoms with van der Waals surface area (Å²) in [5.41, 5.74) is 8.23. The average molecular weight is 498 g/mol. The molecule has 2 aromatic heterocycles. The van der Waals surface area contributed by atoms with E-state index in [1.54, 1.807) is 12.3 Å². The van der Waals surface area contributed by atoms with Crippen molar-refractivity contribution >= 4 is 34.7 Å². The van der Waals surface area contributed by atoms with Gasteiger partial charge >= 0.3 is 5.91 Å². The van der Waals surface area contributed by atoms with Crippen LogP contribution in [-0.4, -0.2) is 16.7 Å². The van der Waals surface area contributed by atoms with Crippen molar-refractivity contribution in [1.29, 1.82) is 0 Å². The van der Waals surface area contributed by atoms with Crippen LogP contribution < -0.4 is 10.2 Å². The molecule has 0 aliphatic heterocycles. The number of para-hydroxylation sites is 1. The fourth-order valence-corrected chi connectivity index (χ4v) is 4.19. The molecule has 0 spiro atoms. The Morgan fingerprint density at radius 3 is 2.53 bits per heavy atom. The molecule has 0 atom stereocenters. The molecule has 36 heavy (non-hydrogen) atoms. The van der Waals surface area contributed by atoms with Crippen LogP contribution in [0.1, 0.15) is 33.1 Å². The molecule has 7 heteroatoms. The van der Waals surface area contributed by atoms with Crippen molar-refractivity contribution < 1.29 is 13.9 Å². The van der Waals surface area contributed by atoms with Crippen molar-refractivity contribution in [3.63, 3.8) is 0 Å². The molecule has 180 valence electrons. The average Bonchev–Trinajstić information content (AvgIpc) is 3.44. The lowest BCUT2D eigenvalue weighted by molar-refractivity contribution is 0.0929. The van der Waals surface area contributed by atoms with Gasteiger partial charge in [0.15, 0.2) is 5.76 Å². The topological polar surface area (TPSA) is 68.8 Å². The summed E-state index contributed by atoms with van der Waals surface area (Å²) in [6.07, 6.45) is 1.64. The lowest BCUT2D eigenvalue weighted by Crippen LogP contribution is -2.16.